The Morgan fingerprint density at radius 3 is 2.44 bits per heavy atom. The minimum absolute atomic E-state index is 0.00713. The van der Waals surface area contributed by atoms with Gasteiger partial charge in [0, 0.05) is 19.5 Å². The second kappa shape index (κ2) is 4.32. The van der Waals surface area contributed by atoms with Crippen molar-refractivity contribution in [1.82, 2.24) is 5.32 Å². The molecule has 0 aliphatic carbocycles. The summed E-state index contributed by atoms with van der Waals surface area (Å²) in [5, 5.41) is 2.72. The summed E-state index contributed by atoms with van der Waals surface area (Å²) in [6.07, 6.45) is 0.899. The maximum atomic E-state index is 10.4. The van der Waals surface area contributed by atoms with Crippen LogP contribution in [0.1, 0.15) is 20.3 Å². The van der Waals surface area contributed by atoms with E-state index in [2.05, 4.69) is 5.32 Å². The lowest BCUT2D eigenvalue weighted by Gasteiger charge is -2.11. The predicted molar refractivity (Wildman–Crippen MR) is 37.0 cm³/mol. The summed E-state index contributed by atoms with van der Waals surface area (Å²) in [5.41, 5.74) is 5.32. The predicted octanol–water partition coefficient (Wildman–Crippen LogP) is -0.140. The van der Waals surface area contributed by atoms with Crippen LogP contribution >= 0.6 is 0 Å². The van der Waals surface area contributed by atoms with E-state index >= 15 is 0 Å². The summed E-state index contributed by atoms with van der Waals surface area (Å²) in [6.45, 7) is 4.02. The Balaban J connectivity index is 3.43. The number of amides is 1. The van der Waals surface area contributed by atoms with E-state index < -0.39 is 0 Å². The molecule has 3 N–H and O–H groups in total. The third-order valence-electron chi connectivity index (χ3n) is 1.18. The molecule has 0 aromatic heterocycles. The molecule has 0 radical (unpaired) electrons. The van der Waals surface area contributed by atoms with Crippen LogP contribution in [0.25, 0.3) is 0 Å². The third kappa shape index (κ3) is 3.97. The number of carbonyl (C=O) groups is 1. The second-order valence-corrected chi connectivity index (χ2v) is 2.04. The van der Waals surface area contributed by atoms with E-state index in [4.69, 9.17) is 5.73 Å². The minimum Gasteiger partial charge on any atom is -0.352 e. The van der Waals surface area contributed by atoms with Gasteiger partial charge in [0.05, 0.1) is 0 Å². The topological polar surface area (TPSA) is 55.1 Å². The smallest absolute Gasteiger partial charge is 0.217 e. The largest absolute Gasteiger partial charge is 0.352 e. The summed E-state index contributed by atoms with van der Waals surface area (Å²) in [5.74, 6) is -0.00713. The van der Waals surface area contributed by atoms with Crippen molar-refractivity contribution < 1.29 is 4.79 Å². The van der Waals surface area contributed by atoms with E-state index in [1.54, 1.807) is 0 Å². The van der Waals surface area contributed by atoms with Crippen LogP contribution in [-0.2, 0) is 4.79 Å². The van der Waals surface area contributed by atoms with Crippen LogP contribution in [0.15, 0.2) is 0 Å². The van der Waals surface area contributed by atoms with Crippen LogP contribution in [0.3, 0.4) is 0 Å². The number of hydrogen-bond donors (Lipinski definition) is 2. The van der Waals surface area contributed by atoms with Gasteiger partial charge in [-0.25, -0.2) is 0 Å². The molecule has 3 heteroatoms. The highest BCUT2D eigenvalue weighted by Gasteiger charge is 2.02. The number of carbonyl (C=O) groups excluding carboxylic acids is 1. The van der Waals surface area contributed by atoms with Crippen molar-refractivity contribution in [2.75, 3.05) is 6.54 Å². The molecule has 9 heavy (non-hydrogen) atoms. The molecule has 0 bridgehead atoms. The number of hydrogen-bond acceptors (Lipinski definition) is 2. The van der Waals surface area contributed by atoms with E-state index in [0.717, 1.165) is 6.42 Å². The van der Waals surface area contributed by atoms with Crippen LogP contribution in [0, 0.1) is 0 Å². The third-order valence-corrected chi connectivity index (χ3v) is 1.18. The van der Waals surface area contributed by atoms with Crippen molar-refractivity contribution >= 4 is 5.91 Å². The fourth-order valence-corrected chi connectivity index (χ4v) is 0.615. The first-order valence-electron chi connectivity index (χ1n) is 3.17. The van der Waals surface area contributed by atoms with Gasteiger partial charge in [-0.2, -0.15) is 0 Å². The molecule has 0 saturated carbocycles. The van der Waals surface area contributed by atoms with Crippen LogP contribution < -0.4 is 11.1 Å². The molecule has 0 spiro atoms. The van der Waals surface area contributed by atoms with Gasteiger partial charge in [0.2, 0.25) is 5.91 Å². The van der Waals surface area contributed by atoms with Crippen molar-refractivity contribution in [2.45, 2.75) is 26.3 Å². The van der Waals surface area contributed by atoms with E-state index in [0.29, 0.717) is 6.54 Å². The van der Waals surface area contributed by atoms with Gasteiger partial charge in [0.1, 0.15) is 0 Å². The Morgan fingerprint density at radius 1 is 1.78 bits per heavy atom. The molecule has 0 rings (SSSR count). The highest BCUT2D eigenvalue weighted by atomic mass is 16.1. The standard InChI is InChI=1S/C6H14N2O/c1-3-6(4-7)8-5(2)9/h6H,3-4,7H2,1-2H3,(H,8,9)/t6-/m1/s1. The number of rotatable bonds is 3. The van der Waals surface area contributed by atoms with E-state index in [1.165, 1.54) is 6.92 Å². The Morgan fingerprint density at radius 2 is 2.33 bits per heavy atom. The highest BCUT2D eigenvalue weighted by molar-refractivity contribution is 5.73. The van der Waals surface area contributed by atoms with Gasteiger partial charge in [0.25, 0.3) is 0 Å². The SMILES string of the molecule is CC[C@H](CN)NC(C)=O. The molecular formula is C6H14N2O. The van der Waals surface area contributed by atoms with Gasteiger partial charge in [-0.05, 0) is 6.42 Å². The lowest BCUT2D eigenvalue weighted by atomic mass is 10.2. The first kappa shape index (κ1) is 8.43. The number of nitrogens with two attached hydrogens (primary N) is 1. The molecule has 0 aliphatic heterocycles. The van der Waals surface area contributed by atoms with Crippen molar-refractivity contribution in [3.05, 3.63) is 0 Å². The Labute approximate surface area is 55.6 Å². The second-order valence-electron chi connectivity index (χ2n) is 2.04. The van der Waals surface area contributed by atoms with E-state index in [1.807, 2.05) is 6.92 Å². The fourth-order valence-electron chi connectivity index (χ4n) is 0.615. The summed E-state index contributed by atoms with van der Waals surface area (Å²) in [7, 11) is 0. The van der Waals surface area contributed by atoms with Crippen LogP contribution in [0.2, 0.25) is 0 Å². The minimum atomic E-state index is -0.00713. The molecule has 0 saturated heterocycles. The van der Waals surface area contributed by atoms with Gasteiger partial charge in [-0.15, -0.1) is 0 Å². The van der Waals surface area contributed by atoms with Gasteiger partial charge < -0.3 is 11.1 Å². The fraction of sp³-hybridized carbons (Fsp3) is 0.833. The average Bonchev–Trinajstić information content (AvgIpc) is 1.82. The molecular weight excluding hydrogens is 116 g/mol. The Kier molecular flexibility index (Phi) is 4.05. The lowest BCUT2D eigenvalue weighted by molar-refractivity contribution is -0.119. The molecule has 0 fully saturated rings. The summed E-state index contributed by atoms with van der Waals surface area (Å²) >= 11 is 0. The zero-order chi connectivity index (χ0) is 7.28. The molecule has 0 heterocycles. The van der Waals surface area contributed by atoms with Crippen LogP contribution in [0.4, 0.5) is 0 Å². The van der Waals surface area contributed by atoms with Crippen molar-refractivity contribution in [1.29, 1.82) is 0 Å². The summed E-state index contributed by atoms with van der Waals surface area (Å²) in [6, 6.07) is 0.155. The zero-order valence-corrected chi connectivity index (χ0v) is 5.98. The van der Waals surface area contributed by atoms with E-state index in [-0.39, 0.29) is 11.9 Å². The van der Waals surface area contributed by atoms with Crippen molar-refractivity contribution in [3.63, 3.8) is 0 Å². The lowest BCUT2D eigenvalue weighted by Crippen LogP contribution is -2.38. The molecule has 1 amide bonds. The maximum Gasteiger partial charge on any atom is 0.217 e. The summed E-state index contributed by atoms with van der Waals surface area (Å²) < 4.78 is 0. The van der Waals surface area contributed by atoms with Crippen molar-refractivity contribution in [3.8, 4) is 0 Å². The molecule has 0 aromatic rings. The molecule has 0 unspecified atom stereocenters. The van der Waals surface area contributed by atoms with Crippen LogP contribution in [0.5, 0.6) is 0 Å². The Bertz CT molecular complexity index is 89.1. The quantitative estimate of drug-likeness (QED) is 0.558. The number of nitrogens with one attached hydrogen (secondary N) is 1. The summed E-state index contributed by atoms with van der Waals surface area (Å²) in [4.78, 5) is 10.4. The monoisotopic (exact) mass is 130 g/mol. The molecule has 1 atom stereocenters. The van der Waals surface area contributed by atoms with Crippen LogP contribution in [-0.4, -0.2) is 18.5 Å². The molecule has 54 valence electrons. The highest BCUT2D eigenvalue weighted by Crippen LogP contribution is 1.85. The van der Waals surface area contributed by atoms with Gasteiger partial charge in [-0.3, -0.25) is 4.79 Å². The zero-order valence-electron chi connectivity index (χ0n) is 5.98. The molecule has 0 aliphatic rings. The van der Waals surface area contributed by atoms with E-state index in [9.17, 15) is 4.79 Å². The first-order chi connectivity index (χ1) is 4.20. The van der Waals surface area contributed by atoms with Crippen molar-refractivity contribution in [2.24, 2.45) is 5.73 Å². The van der Waals surface area contributed by atoms with Gasteiger partial charge in [0.15, 0.2) is 0 Å². The van der Waals surface area contributed by atoms with Gasteiger partial charge in [-0.1, -0.05) is 6.92 Å². The molecule has 3 nitrogen and oxygen atoms in total. The maximum absolute atomic E-state index is 10.4. The van der Waals surface area contributed by atoms with Gasteiger partial charge >= 0.3 is 0 Å². The Hall–Kier alpha value is -0.570. The first-order valence-corrected chi connectivity index (χ1v) is 3.17. The molecule has 0 aromatic carbocycles. The average molecular weight is 130 g/mol. The normalized spacial score (nSPS) is 12.8.